The van der Waals surface area contributed by atoms with Gasteiger partial charge in [0.2, 0.25) is 5.95 Å². The van der Waals surface area contributed by atoms with Crippen LogP contribution in [-0.4, -0.2) is 45.0 Å². The fraction of sp³-hybridized carbons (Fsp3) is 0.417. The zero-order valence-corrected chi connectivity index (χ0v) is 18.8. The minimum atomic E-state index is -0.0401. The number of nitrogens with one attached hydrogen (secondary N) is 1. The van der Waals surface area contributed by atoms with Gasteiger partial charge in [0, 0.05) is 36.5 Å². The van der Waals surface area contributed by atoms with Crippen LogP contribution in [0.2, 0.25) is 0 Å². The molecular weight excluding hydrogens is 404 g/mol. The first-order chi connectivity index (χ1) is 15.6. The van der Waals surface area contributed by atoms with Crippen molar-refractivity contribution in [2.75, 3.05) is 23.9 Å². The summed E-state index contributed by atoms with van der Waals surface area (Å²) in [5.74, 6) is 2.49. The summed E-state index contributed by atoms with van der Waals surface area (Å²) in [6, 6.07) is 5.86. The lowest BCUT2D eigenvalue weighted by molar-refractivity contribution is -0.120. The topological polar surface area (TPSA) is 85.2 Å². The number of piperidine rings is 1. The molecule has 32 heavy (non-hydrogen) atoms. The van der Waals surface area contributed by atoms with E-state index in [-0.39, 0.29) is 6.04 Å². The van der Waals surface area contributed by atoms with Crippen LogP contribution in [-0.2, 0) is 17.6 Å². The number of ketones is 1. The standard InChI is InChI=1S/C24H28N6O2/c1-4-18-17-12-21(31)19-7-5-6-10-30(19)23(17)28-24(27-18)26-16-8-9-20(22(11-16)32-3)29-13-15(2)25-14-29/h8-9,11,13-14,19H,4-7,10,12H2,1-3H3,(H,26,27,28). The molecule has 2 aliphatic heterocycles. The number of hydrogen-bond donors (Lipinski definition) is 1. The van der Waals surface area contributed by atoms with Gasteiger partial charge in [0.15, 0.2) is 5.78 Å². The largest absolute Gasteiger partial charge is 0.494 e. The van der Waals surface area contributed by atoms with Crippen LogP contribution < -0.4 is 15.0 Å². The Hall–Kier alpha value is -3.42. The van der Waals surface area contributed by atoms with Gasteiger partial charge in [0.05, 0.1) is 36.6 Å². The summed E-state index contributed by atoms with van der Waals surface area (Å²) in [5.41, 5.74) is 4.62. The Morgan fingerprint density at radius 1 is 1.25 bits per heavy atom. The van der Waals surface area contributed by atoms with Crippen molar-refractivity contribution in [3.8, 4) is 11.4 Å². The Kier molecular flexibility index (Phi) is 5.28. The number of carbonyl (C=O) groups is 1. The van der Waals surface area contributed by atoms with E-state index in [0.29, 0.717) is 18.2 Å². The van der Waals surface area contributed by atoms with Crippen molar-refractivity contribution in [2.24, 2.45) is 0 Å². The number of benzene rings is 1. The maximum absolute atomic E-state index is 12.7. The highest BCUT2D eigenvalue weighted by Crippen LogP contribution is 2.35. The maximum Gasteiger partial charge on any atom is 0.229 e. The average molecular weight is 433 g/mol. The number of hydrogen-bond acceptors (Lipinski definition) is 7. The molecule has 0 spiro atoms. The number of nitrogens with zero attached hydrogens (tertiary/aromatic N) is 5. The average Bonchev–Trinajstić information content (AvgIpc) is 3.25. The molecule has 1 saturated heterocycles. The number of Topliss-reactive ketones (excluding diaryl/α,β-unsaturated/α-hetero) is 1. The van der Waals surface area contributed by atoms with Gasteiger partial charge in [0.25, 0.3) is 0 Å². The number of rotatable bonds is 5. The van der Waals surface area contributed by atoms with Gasteiger partial charge in [0.1, 0.15) is 11.6 Å². The van der Waals surface area contributed by atoms with Crippen LogP contribution in [0.5, 0.6) is 5.75 Å². The van der Waals surface area contributed by atoms with Gasteiger partial charge in [-0.15, -0.1) is 0 Å². The molecule has 1 atom stereocenters. The maximum atomic E-state index is 12.7. The normalized spacial score (nSPS) is 17.7. The first-order valence-corrected chi connectivity index (χ1v) is 11.2. The third-order valence-corrected chi connectivity index (χ3v) is 6.33. The molecule has 166 valence electrons. The predicted molar refractivity (Wildman–Crippen MR) is 123 cm³/mol. The summed E-state index contributed by atoms with van der Waals surface area (Å²) in [6.07, 6.45) is 8.03. The second-order valence-electron chi connectivity index (χ2n) is 8.43. The molecule has 1 unspecified atom stereocenters. The molecule has 8 nitrogen and oxygen atoms in total. The smallest absolute Gasteiger partial charge is 0.229 e. The molecule has 1 aromatic carbocycles. The van der Waals surface area contributed by atoms with Crippen LogP contribution in [0.3, 0.4) is 0 Å². The van der Waals surface area contributed by atoms with Crippen molar-refractivity contribution < 1.29 is 9.53 Å². The fourth-order valence-corrected chi connectivity index (χ4v) is 4.75. The van der Waals surface area contributed by atoms with Crippen LogP contribution in [0, 0.1) is 6.92 Å². The van der Waals surface area contributed by atoms with Crippen LogP contribution in [0.4, 0.5) is 17.5 Å². The summed E-state index contributed by atoms with van der Waals surface area (Å²) in [6.45, 7) is 4.90. The lowest BCUT2D eigenvalue weighted by atomic mass is 9.89. The summed E-state index contributed by atoms with van der Waals surface area (Å²) in [4.78, 5) is 28.8. The summed E-state index contributed by atoms with van der Waals surface area (Å²) >= 11 is 0. The van der Waals surface area contributed by atoms with Crippen LogP contribution >= 0.6 is 0 Å². The summed E-state index contributed by atoms with van der Waals surface area (Å²) < 4.78 is 7.57. The van der Waals surface area contributed by atoms with Crippen LogP contribution in [0.1, 0.15) is 43.1 Å². The van der Waals surface area contributed by atoms with Gasteiger partial charge in [-0.1, -0.05) is 6.92 Å². The first kappa shape index (κ1) is 20.5. The van der Waals surface area contributed by atoms with E-state index in [4.69, 9.17) is 14.7 Å². The monoisotopic (exact) mass is 432 g/mol. The number of aromatic nitrogens is 4. The van der Waals surface area contributed by atoms with Crippen LogP contribution in [0.25, 0.3) is 5.69 Å². The Morgan fingerprint density at radius 2 is 2.12 bits per heavy atom. The number of anilines is 3. The van der Waals surface area contributed by atoms with Gasteiger partial charge in [-0.25, -0.2) is 9.97 Å². The van der Waals surface area contributed by atoms with Crippen molar-refractivity contribution >= 4 is 23.2 Å². The number of imidazole rings is 1. The van der Waals surface area contributed by atoms with E-state index in [2.05, 4.69) is 22.1 Å². The molecule has 0 aliphatic carbocycles. The number of aryl methyl sites for hydroxylation is 2. The van der Waals surface area contributed by atoms with E-state index in [1.165, 1.54) is 0 Å². The minimum absolute atomic E-state index is 0.0401. The second-order valence-corrected chi connectivity index (χ2v) is 8.43. The fourth-order valence-electron chi connectivity index (χ4n) is 4.75. The third kappa shape index (κ3) is 3.59. The van der Waals surface area contributed by atoms with Crippen molar-refractivity contribution in [3.63, 3.8) is 0 Å². The Labute approximate surface area is 187 Å². The predicted octanol–water partition coefficient (Wildman–Crippen LogP) is 3.77. The molecule has 0 radical (unpaired) electrons. The highest BCUT2D eigenvalue weighted by molar-refractivity contribution is 5.93. The molecular formula is C24H28N6O2. The molecule has 0 saturated carbocycles. The third-order valence-electron chi connectivity index (χ3n) is 6.33. The van der Waals surface area contributed by atoms with Gasteiger partial charge in [-0.2, -0.15) is 4.98 Å². The minimum Gasteiger partial charge on any atom is -0.494 e. The quantitative estimate of drug-likeness (QED) is 0.657. The van der Waals surface area contributed by atoms with E-state index in [0.717, 1.165) is 72.1 Å². The molecule has 1 N–H and O–H groups in total. The Morgan fingerprint density at radius 3 is 2.88 bits per heavy atom. The molecule has 0 amide bonds. The SMILES string of the molecule is CCc1nc(Nc2ccc(-n3cnc(C)c3)c(OC)c2)nc2c1CC(=O)C1CCCCN21. The summed E-state index contributed by atoms with van der Waals surface area (Å²) in [5, 5.41) is 3.36. The van der Waals surface area contributed by atoms with Crippen molar-refractivity contribution in [2.45, 2.75) is 52.0 Å². The molecule has 3 aromatic rings. The zero-order valence-electron chi connectivity index (χ0n) is 18.8. The van der Waals surface area contributed by atoms with E-state index in [9.17, 15) is 4.79 Å². The number of fused-ring (bicyclic) bond motifs is 3. The lowest BCUT2D eigenvalue weighted by Crippen LogP contribution is -2.49. The van der Waals surface area contributed by atoms with Crippen molar-refractivity contribution in [3.05, 3.63) is 47.7 Å². The lowest BCUT2D eigenvalue weighted by Gasteiger charge is -2.40. The molecule has 8 heteroatoms. The number of carbonyl (C=O) groups excluding carboxylic acids is 1. The highest BCUT2D eigenvalue weighted by atomic mass is 16.5. The van der Waals surface area contributed by atoms with Crippen molar-refractivity contribution in [1.29, 1.82) is 0 Å². The molecule has 2 aromatic heterocycles. The Balaban J connectivity index is 1.49. The first-order valence-electron chi connectivity index (χ1n) is 11.2. The zero-order chi connectivity index (χ0) is 22.2. The van der Waals surface area contributed by atoms with Gasteiger partial charge in [-0.05, 0) is 44.7 Å². The number of methoxy groups -OCH3 is 1. The van der Waals surface area contributed by atoms with E-state index < -0.39 is 0 Å². The molecule has 0 bridgehead atoms. The summed E-state index contributed by atoms with van der Waals surface area (Å²) in [7, 11) is 1.66. The van der Waals surface area contributed by atoms with E-state index >= 15 is 0 Å². The van der Waals surface area contributed by atoms with Crippen LogP contribution in [0.15, 0.2) is 30.7 Å². The van der Waals surface area contributed by atoms with Gasteiger partial charge >= 0.3 is 0 Å². The van der Waals surface area contributed by atoms with Gasteiger partial charge in [-0.3, -0.25) is 4.79 Å². The number of ether oxygens (including phenoxy) is 1. The van der Waals surface area contributed by atoms with Gasteiger partial charge < -0.3 is 19.5 Å². The second kappa shape index (κ2) is 8.26. The highest BCUT2D eigenvalue weighted by Gasteiger charge is 2.37. The Bertz CT molecular complexity index is 1170. The van der Waals surface area contributed by atoms with E-state index in [1.807, 2.05) is 35.9 Å². The molecule has 5 rings (SSSR count). The van der Waals surface area contributed by atoms with E-state index in [1.54, 1.807) is 13.4 Å². The molecule has 2 aliphatic rings. The van der Waals surface area contributed by atoms with Crippen molar-refractivity contribution in [1.82, 2.24) is 19.5 Å². The molecule has 1 fully saturated rings. The molecule has 4 heterocycles.